The lowest BCUT2D eigenvalue weighted by Crippen LogP contribution is -2.47. The van der Waals surface area contributed by atoms with Gasteiger partial charge in [-0.1, -0.05) is 6.07 Å². The number of aromatic nitrogens is 1. The van der Waals surface area contributed by atoms with Gasteiger partial charge in [-0.15, -0.1) is 0 Å². The smallest absolute Gasteiger partial charge is 0.272 e. The van der Waals surface area contributed by atoms with Crippen LogP contribution >= 0.6 is 15.9 Å². The quantitative estimate of drug-likeness (QED) is 0.876. The Kier molecular flexibility index (Phi) is 5.16. The van der Waals surface area contributed by atoms with E-state index in [0.29, 0.717) is 5.69 Å². The molecule has 0 saturated carbocycles. The van der Waals surface area contributed by atoms with Gasteiger partial charge in [-0.3, -0.25) is 4.79 Å². The number of rotatable bonds is 3. The van der Waals surface area contributed by atoms with Crippen molar-refractivity contribution in [3.63, 3.8) is 0 Å². The normalized spacial score (nSPS) is 15.4. The molecule has 1 aliphatic rings. The maximum Gasteiger partial charge on any atom is 0.272 e. The van der Waals surface area contributed by atoms with E-state index in [-0.39, 0.29) is 5.91 Å². The SMILES string of the molecule is Cc1ccc(Nc2ccc(C(=O)N3CCN(C)CC3)nc2)c(Br)c1. The highest BCUT2D eigenvalue weighted by molar-refractivity contribution is 9.10. The second kappa shape index (κ2) is 7.32. The topological polar surface area (TPSA) is 48.5 Å². The van der Waals surface area contributed by atoms with Crippen LogP contribution < -0.4 is 5.32 Å². The first-order valence-electron chi connectivity index (χ1n) is 8.00. The lowest BCUT2D eigenvalue weighted by Gasteiger charge is -2.32. The summed E-state index contributed by atoms with van der Waals surface area (Å²) in [6.07, 6.45) is 1.70. The van der Waals surface area contributed by atoms with Crippen molar-refractivity contribution in [3.05, 3.63) is 52.3 Å². The molecule has 1 aromatic heterocycles. The molecule has 1 N–H and O–H groups in total. The first-order valence-corrected chi connectivity index (χ1v) is 8.79. The Morgan fingerprint density at radius 3 is 2.54 bits per heavy atom. The average molecular weight is 389 g/mol. The molecule has 5 nitrogen and oxygen atoms in total. The van der Waals surface area contributed by atoms with Gasteiger partial charge in [0.25, 0.3) is 5.91 Å². The number of aryl methyl sites for hydroxylation is 1. The van der Waals surface area contributed by atoms with Gasteiger partial charge in [0, 0.05) is 30.7 Å². The molecule has 1 saturated heterocycles. The van der Waals surface area contributed by atoms with E-state index in [1.807, 2.05) is 23.1 Å². The molecule has 1 amide bonds. The number of carbonyl (C=O) groups excluding carboxylic acids is 1. The van der Waals surface area contributed by atoms with Crippen LogP contribution in [0.3, 0.4) is 0 Å². The van der Waals surface area contributed by atoms with Gasteiger partial charge in [-0.05, 0) is 59.7 Å². The minimum atomic E-state index is 0.00571. The number of nitrogens with one attached hydrogen (secondary N) is 1. The van der Waals surface area contributed by atoms with E-state index < -0.39 is 0 Å². The van der Waals surface area contributed by atoms with Crippen LogP contribution in [0.5, 0.6) is 0 Å². The molecule has 1 aromatic carbocycles. The first-order chi connectivity index (χ1) is 11.5. The lowest BCUT2D eigenvalue weighted by molar-refractivity contribution is 0.0658. The maximum atomic E-state index is 12.5. The highest BCUT2D eigenvalue weighted by Gasteiger charge is 2.21. The highest BCUT2D eigenvalue weighted by Crippen LogP contribution is 2.26. The van der Waals surface area contributed by atoms with Crippen LogP contribution in [0.2, 0.25) is 0 Å². The van der Waals surface area contributed by atoms with Crippen molar-refractivity contribution in [1.82, 2.24) is 14.8 Å². The predicted molar refractivity (Wildman–Crippen MR) is 99.8 cm³/mol. The van der Waals surface area contributed by atoms with Crippen LogP contribution in [0.4, 0.5) is 11.4 Å². The number of hydrogen-bond donors (Lipinski definition) is 1. The third-order valence-electron chi connectivity index (χ3n) is 4.18. The number of pyridine rings is 1. The monoisotopic (exact) mass is 388 g/mol. The number of piperazine rings is 1. The average Bonchev–Trinajstić information content (AvgIpc) is 2.58. The van der Waals surface area contributed by atoms with E-state index >= 15 is 0 Å². The summed E-state index contributed by atoms with van der Waals surface area (Å²) in [5.41, 5.74) is 3.52. The van der Waals surface area contributed by atoms with Crippen LogP contribution in [0, 0.1) is 6.92 Å². The van der Waals surface area contributed by atoms with E-state index in [0.717, 1.165) is 42.0 Å². The molecule has 0 spiro atoms. The number of anilines is 2. The summed E-state index contributed by atoms with van der Waals surface area (Å²) in [5, 5.41) is 3.31. The van der Waals surface area contributed by atoms with Gasteiger partial charge in [0.15, 0.2) is 0 Å². The number of halogens is 1. The summed E-state index contributed by atoms with van der Waals surface area (Å²) < 4.78 is 1.00. The molecule has 126 valence electrons. The second-order valence-corrected chi connectivity index (χ2v) is 6.99. The fraction of sp³-hybridized carbons (Fsp3) is 0.333. The standard InChI is InChI=1S/C18H21BrN4O/c1-13-3-5-16(15(19)11-13)21-14-4-6-17(20-12-14)18(24)23-9-7-22(2)8-10-23/h3-6,11-12,21H,7-10H2,1-2H3. The number of nitrogens with zero attached hydrogens (tertiary/aromatic N) is 3. The van der Waals surface area contributed by atoms with Gasteiger partial charge >= 0.3 is 0 Å². The fourth-order valence-corrected chi connectivity index (χ4v) is 3.24. The number of amides is 1. The molecule has 2 heterocycles. The first kappa shape index (κ1) is 16.9. The maximum absolute atomic E-state index is 12.5. The van der Waals surface area contributed by atoms with Crippen molar-refractivity contribution < 1.29 is 4.79 Å². The van der Waals surface area contributed by atoms with E-state index in [1.165, 1.54) is 5.56 Å². The Labute approximate surface area is 150 Å². The molecule has 3 rings (SSSR count). The molecule has 1 aliphatic heterocycles. The molecule has 2 aromatic rings. The lowest BCUT2D eigenvalue weighted by atomic mass is 10.2. The van der Waals surface area contributed by atoms with Gasteiger partial charge in [-0.2, -0.15) is 0 Å². The van der Waals surface area contributed by atoms with Crippen molar-refractivity contribution in [2.45, 2.75) is 6.92 Å². The Morgan fingerprint density at radius 1 is 1.17 bits per heavy atom. The Morgan fingerprint density at radius 2 is 1.92 bits per heavy atom. The van der Waals surface area contributed by atoms with Gasteiger partial charge in [0.05, 0.1) is 17.6 Å². The van der Waals surface area contributed by atoms with E-state index in [9.17, 15) is 4.79 Å². The molecular formula is C18H21BrN4O. The zero-order valence-electron chi connectivity index (χ0n) is 13.9. The molecule has 0 aliphatic carbocycles. The molecule has 0 radical (unpaired) electrons. The van der Waals surface area contributed by atoms with Crippen LogP contribution in [0.15, 0.2) is 41.0 Å². The molecule has 0 bridgehead atoms. The van der Waals surface area contributed by atoms with Crippen molar-refractivity contribution in [2.24, 2.45) is 0 Å². The van der Waals surface area contributed by atoms with E-state index in [4.69, 9.17) is 0 Å². The number of carbonyl (C=O) groups is 1. The molecule has 0 unspecified atom stereocenters. The fourth-order valence-electron chi connectivity index (χ4n) is 2.64. The van der Waals surface area contributed by atoms with Crippen molar-refractivity contribution in [2.75, 3.05) is 38.5 Å². The zero-order valence-corrected chi connectivity index (χ0v) is 15.5. The van der Waals surface area contributed by atoms with Crippen LogP contribution in [-0.2, 0) is 0 Å². The summed E-state index contributed by atoms with van der Waals surface area (Å²) in [6.45, 7) is 5.38. The van der Waals surface area contributed by atoms with Crippen molar-refractivity contribution in [1.29, 1.82) is 0 Å². The molecule has 6 heteroatoms. The van der Waals surface area contributed by atoms with Crippen molar-refractivity contribution >= 4 is 33.2 Å². The molecular weight excluding hydrogens is 368 g/mol. The van der Waals surface area contributed by atoms with Crippen LogP contribution in [0.25, 0.3) is 0 Å². The summed E-state index contributed by atoms with van der Waals surface area (Å²) in [4.78, 5) is 20.9. The molecule has 0 atom stereocenters. The van der Waals surface area contributed by atoms with Crippen molar-refractivity contribution in [3.8, 4) is 0 Å². The van der Waals surface area contributed by atoms with Gasteiger partial charge in [0.1, 0.15) is 5.69 Å². The Bertz CT molecular complexity index is 724. The Balaban J connectivity index is 1.68. The van der Waals surface area contributed by atoms with Gasteiger partial charge < -0.3 is 15.1 Å². The zero-order chi connectivity index (χ0) is 17.1. The minimum Gasteiger partial charge on any atom is -0.353 e. The summed E-state index contributed by atoms with van der Waals surface area (Å²) >= 11 is 3.55. The highest BCUT2D eigenvalue weighted by atomic mass is 79.9. The summed E-state index contributed by atoms with van der Waals surface area (Å²) in [5.74, 6) is 0.00571. The Hall–Kier alpha value is -1.92. The van der Waals surface area contributed by atoms with Gasteiger partial charge in [0.2, 0.25) is 0 Å². The third kappa shape index (κ3) is 3.94. The number of likely N-dealkylation sites (N-methyl/N-ethyl adjacent to an activating group) is 1. The minimum absolute atomic E-state index is 0.00571. The van der Waals surface area contributed by atoms with Crippen LogP contribution in [0.1, 0.15) is 16.1 Å². The largest absolute Gasteiger partial charge is 0.353 e. The third-order valence-corrected chi connectivity index (χ3v) is 4.83. The van der Waals surface area contributed by atoms with Crippen LogP contribution in [-0.4, -0.2) is 53.9 Å². The number of benzene rings is 1. The number of hydrogen-bond acceptors (Lipinski definition) is 4. The molecule has 1 fully saturated rings. The summed E-state index contributed by atoms with van der Waals surface area (Å²) in [7, 11) is 2.07. The predicted octanol–water partition coefficient (Wildman–Crippen LogP) is 3.28. The molecule has 24 heavy (non-hydrogen) atoms. The van der Waals surface area contributed by atoms with E-state index in [2.05, 4.69) is 51.2 Å². The van der Waals surface area contributed by atoms with E-state index in [1.54, 1.807) is 12.3 Å². The second-order valence-electron chi connectivity index (χ2n) is 6.14. The summed E-state index contributed by atoms with van der Waals surface area (Å²) in [6, 6.07) is 9.79. The van der Waals surface area contributed by atoms with Gasteiger partial charge in [-0.25, -0.2) is 4.98 Å².